The Morgan fingerprint density at radius 1 is 0.806 bits per heavy atom. The zero-order chi connectivity index (χ0) is 21.5. The van der Waals surface area contributed by atoms with E-state index in [1.165, 1.54) is 11.1 Å². The summed E-state index contributed by atoms with van der Waals surface area (Å²) in [4.78, 5) is 19.7. The Balaban J connectivity index is 1.22. The lowest BCUT2D eigenvalue weighted by Crippen LogP contribution is -2.45. The predicted octanol–water partition coefficient (Wildman–Crippen LogP) is 2.82. The van der Waals surface area contributed by atoms with Crippen molar-refractivity contribution < 1.29 is 4.79 Å². The van der Waals surface area contributed by atoms with Crippen molar-refractivity contribution in [2.24, 2.45) is 5.10 Å². The summed E-state index contributed by atoms with van der Waals surface area (Å²) < 4.78 is 0. The number of nitrogens with one attached hydrogen (secondary N) is 1. The molecule has 0 bridgehead atoms. The number of piperazine rings is 1. The van der Waals surface area contributed by atoms with Gasteiger partial charge in [0.2, 0.25) is 0 Å². The van der Waals surface area contributed by atoms with Gasteiger partial charge in [-0.3, -0.25) is 14.6 Å². The first kappa shape index (κ1) is 21.7. The number of carbonyl (C=O) groups is 1. The molecule has 0 spiro atoms. The minimum absolute atomic E-state index is 0.132. The Labute approximate surface area is 185 Å². The molecule has 0 aliphatic carbocycles. The Morgan fingerprint density at radius 2 is 1.35 bits per heavy atom. The maximum Gasteiger partial charge on any atom is 0.271 e. The van der Waals surface area contributed by atoms with Crippen molar-refractivity contribution in [3.63, 3.8) is 0 Å². The third-order valence-corrected chi connectivity index (χ3v) is 6.22. The van der Waals surface area contributed by atoms with Crippen molar-refractivity contribution in [2.75, 3.05) is 46.3 Å². The summed E-state index contributed by atoms with van der Waals surface area (Å²) >= 11 is 0. The second-order valence-corrected chi connectivity index (χ2v) is 8.66. The van der Waals surface area contributed by atoms with E-state index in [-0.39, 0.29) is 5.91 Å². The lowest BCUT2D eigenvalue weighted by atomic mass is 10.1. The summed E-state index contributed by atoms with van der Waals surface area (Å²) in [5, 5.41) is 4.32. The predicted molar refractivity (Wildman–Crippen MR) is 125 cm³/mol. The van der Waals surface area contributed by atoms with E-state index >= 15 is 0 Å². The third-order valence-electron chi connectivity index (χ3n) is 6.22. The zero-order valence-corrected chi connectivity index (χ0v) is 18.5. The molecule has 1 amide bonds. The third kappa shape index (κ3) is 6.47. The Bertz CT molecular complexity index is 863. The number of nitrogens with zero attached hydrogens (tertiary/aromatic N) is 4. The standard InChI is InChI=1S/C25H33N5O/c1-28-13-11-24(12-14-28)26-27-25(31)23-9-7-22(8-10-23)20-30-17-15-29(16-18-30)19-21-5-3-2-4-6-21/h2-10H,11-20H2,1H3,(H,27,31). The molecule has 2 heterocycles. The first-order valence-electron chi connectivity index (χ1n) is 11.3. The topological polar surface area (TPSA) is 51.2 Å². The number of piperidine rings is 1. The van der Waals surface area contributed by atoms with E-state index in [0.29, 0.717) is 5.56 Å². The smallest absolute Gasteiger partial charge is 0.271 e. The molecule has 2 saturated heterocycles. The van der Waals surface area contributed by atoms with Crippen molar-refractivity contribution in [1.82, 2.24) is 20.1 Å². The SMILES string of the molecule is CN1CCC(=NNC(=O)c2ccc(CN3CCN(Cc4ccccc4)CC3)cc2)CC1. The molecule has 4 rings (SSSR count). The number of carbonyl (C=O) groups excluding carboxylic acids is 1. The van der Waals surface area contributed by atoms with Crippen molar-refractivity contribution in [3.05, 3.63) is 71.3 Å². The van der Waals surface area contributed by atoms with Gasteiger partial charge in [-0.1, -0.05) is 42.5 Å². The Kier molecular flexibility index (Phi) is 7.46. The Hall–Kier alpha value is -2.54. The summed E-state index contributed by atoms with van der Waals surface area (Å²) in [5.74, 6) is -0.132. The summed E-state index contributed by atoms with van der Waals surface area (Å²) in [6.07, 6.45) is 1.85. The molecule has 1 N–H and O–H groups in total. The van der Waals surface area contributed by atoms with Gasteiger partial charge in [-0.15, -0.1) is 0 Å². The number of likely N-dealkylation sites (tertiary alicyclic amines) is 1. The van der Waals surface area contributed by atoms with Crippen molar-refractivity contribution in [2.45, 2.75) is 25.9 Å². The minimum atomic E-state index is -0.132. The molecule has 0 atom stereocenters. The largest absolute Gasteiger partial charge is 0.306 e. The molecule has 2 fully saturated rings. The van der Waals surface area contributed by atoms with Gasteiger partial charge < -0.3 is 4.90 Å². The summed E-state index contributed by atoms with van der Waals surface area (Å²) in [6, 6.07) is 18.6. The summed E-state index contributed by atoms with van der Waals surface area (Å²) in [6.45, 7) is 8.28. The number of hydrazone groups is 1. The lowest BCUT2D eigenvalue weighted by molar-refractivity contribution is 0.0954. The Morgan fingerprint density at radius 3 is 1.94 bits per heavy atom. The highest BCUT2D eigenvalue weighted by molar-refractivity contribution is 5.95. The van der Waals surface area contributed by atoms with Gasteiger partial charge in [0, 0.05) is 76.5 Å². The van der Waals surface area contributed by atoms with Gasteiger partial charge in [-0.05, 0) is 30.3 Å². The van der Waals surface area contributed by atoms with E-state index in [1.54, 1.807) is 0 Å². The number of hydrogen-bond acceptors (Lipinski definition) is 5. The highest BCUT2D eigenvalue weighted by Crippen LogP contribution is 2.13. The lowest BCUT2D eigenvalue weighted by Gasteiger charge is -2.34. The number of rotatable bonds is 6. The summed E-state index contributed by atoms with van der Waals surface area (Å²) in [5.41, 5.74) is 7.09. The first-order valence-corrected chi connectivity index (χ1v) is 11.3. The molecular formula is C25H33N5O. The summed E-state index contributed by atoms with van der Waals surface area (Å²) in [7, 11) is 2.11. The average molecular weight is 420 g/mol. The molecule has 2 aromatic rings. The maximum atomic E-state index is 12.4. The molecule has 0 radical (unpaired) electrons. The van der Waals surface area contributed by atoms with Crippen LogP contribution in [0.3, 0.4) is 0 Å². The van der Waals surface area contributed by atoms with Crippen molar-refractivity contribution in [1.29, 1.82) is 0 Å². The molecule has 2 aliphatic heterocycles. The van der Waals surface area contributed by atoms with Gasteiger partial charge >= 0.3 is 0 Å². The first-order chi connectivity index (χ1) is 15.2. The van der Waals surface area contributed by atoms with Gasteiger partial charge in [0.1, 0.15) is 0 Å². The van der Waals surface area contributed by atoms with Crippen LogP contribution in [0.4, 0.5) is 0 Å². The number of benzene rings is 2. The van der Waals surface area contributed by atoms with E-state index in [1.807, 2.05) is 12.1 Å². The molecule has 0 aromatic heterocycles. The van der Waals surface area contributed by atoms with Crippen LogP contribution < -0.4 is 5.43 Å². The van der Waals surface area contributed by atoms with Crippen LogP contribution >= 0.6 is 0 Å². The minimum Gasteiger partial charge on any atom is -0.306 e. The van der Waals surface area contributed by atoms with E-state index in [0.717, 1.165) is 70.9 Å². The fourth-order valence-electron chi connectivity index (χ4n) is 4.15. The average Bonchev–Trinajstić information content (AvgIpc) is 2.81. The molecule has 164 valence electrons. The van der Waals surface area contributed by atoms with Gasteiger partial charge in [0.15, 0.2) is 0 Å². The van der Waals surface area contributed by atoms with Crippen LogP contribution in [0.5, 0.6) is 0 Å². The number of hydrogen-bond donors (Lipinski definition) is 1. The van der Waals surface area contributed by atoms with E-state index < -0.39 is 0 Å². The van der Waals surface area contributed by atoms with Crippen molar-refractivity contribution >= 4 is 11.6 Å². The molecular weight excluding hydrogens is 386 g/mol. The van der Waals surface area contributed by atoms with Crippen LogP contribution in [0.15, 0.2) is 59.7 Å². The second-order valence-electron chi connectivity index (χ2n) is 8.66. The maximum absolute atomic E-state index is 12.4. The van der Waals surface area contributed by atoms with Crippen LogP contribution in [0.2, 0.25) is 0 Å². The van der Waals surface area contributed by atoms with Crippen LogP contribution in [0.25, 0.3) is 0 Å². The van der Waals surface area contributed by atoms with E-state index in [2.05, 4.69) is 74.7 Å². The van der Waals surface area contributed by atoms with E-state index in [4.69, 9.17) is 0 Å². The molecule has 2 aromatic carbocycles. The van der Waals surface area contributed by atoms with Gasteiger partial charge in [0.25, 0.3) is 5.91 Å². The fraction of sp³-hybridized carbons (Fsp3) is 0.440. The molecule has 6 nitrogen and oxygen atoms in total. The monoisotopic (exact) mass is 419 g/mol. The quantitative estimate of drug-likeness (QED) is 0.732. The highest BCUT2D eigenvalue weighted by Gasteiger charge is 2.17. The molecule has 0 saturated carbocycles. The fourth-order valence-corrected chi connectivity index (χ4v) is 4.15. The van der Waals surface area contributed by atoms with Crippen LogP contribution in [-0.4, -0.2) is 72.6 Å². The van der Waals surface area contributed by atoms with Gasteiger partial charge in [0.05, 0.1) is 0 Å². The van der Waals surface area contributed by atoms with Crippen molar-refractivity contribution in [3.8, 4) is 0 Å². The molecule has 0 unspecified atom stereocenters. The van der Waals surface area contributed by atoms with Crippen LogP contribution in [-0.2, 0) is 13.1 Å². The molecule has 31 heavy (non-hydrogen) atoms. The van der Waals surface area contributed by atoms with Gasteiger partial charge in [-0.2, -0.15) is 5.10 Å². The number of amides is 1. The van der Waals surface area contributed by atoms with Crippen LogP contribution in [0, 0.1) is 0 Å². The second kappa shape index (κ2) is 10.7. The molecule has 2 aliphatic rings. The normalized spacial score (nSPS) is 18.7. The highest BCUT2D eigenvalue weighted by atomic mass is 16.2. The van der Waals surface area contributed by atoms with E-state index in [9.17, 15) is 4.79 Å². The van der Waals surface area contributed by atoms with Crippen LogP contribution in [0.1, 0.15) is 34.3 Å². The molecule has 6 heteroatoms. The van der Waals surface area contributed by atoms with Gasteiger partial charge in [-0.25, -0.2) is 5.43 Å². The zero-order valence-electron chi connectivity index (χ0n) is 18.5.